The number of aliphatic hydroxyl groups excluding tert-OH is 1. The fourth-order valence-electron chi connectivity index (χ4n) is 7.02. The maximum atomic E-state index is 13.5. The number of carbonyl (C=O) groups is 1. The summed E-state index contributed by atoms with van der Waals surface area (Å²) in [6, 6.07) is 29.6. The van der Waals surface area contributed by atoms with E-state index in [9.17, 15) is 23.1 Å². The molecule has 57 heavy (non-hydrogen) atoms. The smallest absolute Gasteiger partial charge is 0.394 e. The Morgan fingerprint density at radius 1 is 0.789 bits per heavy atom. The summed E-state index contributed by atoms with van der Waals surface area (Å²) in [6.07, 6.45) is 0.206. The number of allylic oxidation sites excluding steroid dienone is 2. The van der Waals surface area contributed by atoms with Crippen molar-refractivity contribution in [3.8, 4) is 22.4 Å². The number of halogens is 3. The van der Waals surface area contributed by atoms with Crippen LogP contribution < -0.4 is 0 Å². The van der Waals surface area contributed by atoms with Crippen LogP contribution in [-0.2, 0) is 36.7 Å². The van der Waals surface area contributed by atoms with E-state index in [0.717, 1.165) is 78.2 Å². The molecule has 0 spiro atoms. The Hall–Kier alpha value is -4.33. The van der Waals surface area contributed by atoms with Gasteiger partial charge in [0.25, 0.3) is 0 Å². The van der Waals surface area contributed by atoms with Crippen LogP contribution in [0.4, 0.5) is 13.2 Å². The molecule has 4 aromatic carbocycles. The first-order valence-electron chi connectivity index (χ1n) is 19.7. The number of hydrogen-bond donors (Lipinski definition) is 1. The molecule has 0 amide bonds. The number of carbonyl (C=O) groups excluding carboxylic acids is 1. The van der Waals surface area contributed by atoms with E-state index in [4.69, 9.17) is 9.40 Å². The molecule has 0 saturated carbocycles. The van der Waals surface area contributed by atoms with Gasteiger partial charge in [-0.2, -0.15) is 13.2 Å². The first-order valence-corrected chi connectivity index (χ1v) is 19.7. The third-order valence-corrected chi connectivity index (χ3v) is 10.8. The van der Waals surface area contributed by atoms with Crippen molar-refractivity contribution in [3.63, 3.8) is 0 Å². The van der Waals surface area contributed by atoms with Crippen LogP contribution >= 0.6 is 0 Å². The van der Waals surface area contributed by atoms with Gasteiger partial charge in [-0.15, -0.1) is 29.1 Å². The fraction of sp³-hybridized carbons (Fsp3) is 0.396. The molecule has 305 valence electrons. The monoisotopic (exact) mass is 956 g/mol. The van der Waals surface area contributed by atoms with Crippen LogP contribution in [0.3, 0.4) is 0 Å². The van der Waals surface area contributed by atoms with Gasteiger partial charge in [-0.05, 0) is 60.4 Å². The number of nitrogens with zero attached hydrogens (tertiary/aromatic N) is 2. The van der Waals surface area contributed by atoms with Crippen LogP contribution in [0.15, 0.2) is 95.1 Å². The molecule has 2 aromatic heterocycles. The molecule has 0 atom stereocenters. The van der Waals surface area contributed by atoms with Crippen molar-refractivity contribution in [1.82, 2.24) is 9.97 Å². The summed E-state index contributed by atoms with van der Waals surface area (Å²) in [5.41, 5.74) is 4.53. The van der Waals surface area contributed by atoms with Gasteiger partial charge in [0.15, 0.2) is 17.3 Å². The van der Waals surface area contributed by atoms with E-state index in [1.165, 1.54) is 17.0 Å². The molecule has 0 aliphatic carbocycles. The number of oxazole rings is 1. The quantitative estimate of drug-likeness (QED) is 0.0795. The second-order valence-electron chi connectivity index (χ2n) is 16.3. The number of hydrogen-bond acceptors (Lipinski definition) is 5. The third kappa shape index (κ3) is 10.4. The average molecular weight is 956 g/mol. The van der Waals surface area contributed by atoms with Crippen molar-refractivity contribution in [3.05, 3.63) is 108 Å². The molecule has 6 aromatic rings. The first kappa shape index (κ1) is 45.4. The molecule has 0 fully saturated rings. The number of fused-ring (bicyclic) bond motifs is 3. The Morgan fingerprint density at radius 3 is 2.02 bits per heavy atom. The molecule has 0 aliphatic heterocycles. The molecule has 6 rings (SSSR count). The van der Waals surface area contributed by atoms with E-state index in [-0.39, 0.29) is 61.2 Å². The summed E-state index contributed by atoms with van der Waals surface area (Å²) < 4.78 is 46.2. The molecule has 0 unspecified atom stereocenters. The molecule has 9 heteroatoms. The summed E-state index contributed by atoms with van der Waals surface area (Å²) in [6.45, 7) is 17.0. The number of alkyl halides is 3. The molecular formula is C48H54F3IrN2O3-. The fourth-order valence-corrected chi connectivity index (χ4v) is 7.02. The van der Waals surface area contributed by atoms with Crippen LogP contribution in [0.1, 0.15) is 99.5 Å². The van der Waals surface area contributed by atoms with Gasteiger partial charge in [0.05, 0.1) is 16.7 Å². The summed E-state index contributed by atoms with van der Waals surface area (Å²) in [5, 5.41) is 12.9. The van der Waals surface area contributed by atoms with Gasteiger partial charge >= 0.3 is 6.18 Å². The van der Waals surface area contributed by atoms with Crippen molar-refractivity contribution in [2.24, 2.45) is 17.3 Å². The van der Waals surface area contributed by atoms with Gasteiger partial charge < -0.3 is 9.52 Å². The summed E-state index contributed by atoms with van der Waals surface area (Å²) in [5.74, 6) is 0.617. The van der Waals surface area contributed by atoms with Crippen LogP contribution in [0, 0.1) is 23.3 Å². The molecule has 2 heterocycles. The first-order chi connectivity index (χ1) is 26.4. The number of aliphatic hydroxyl groups is 1. The Morgan fingerprint density at radius 2 is 1.40 bits per heavy atom. The minimum Gasteiger partial charge on any atom is -0.512 e. The van der Waals surface area contributed by atoms with Crippen molar-refractivity contribution >= 4 is 38.6 Å². The molecule has 1 N–H and O–H groups in total. The minimum absolute atomic E-state index is 0. The zero-order valence-corrected chi connectivity index (χ0v) is 36.8. The second-order valence-corrected chi connectivity index (χ2v) is 16.3. The normalized spacial score (nSPS) is 12.6. The molecule has 5 nitrogen and oxygen atoms in total. The Bertz CT molecular complexity index is 2350. The van der Waals surface area contributed by atoms with Gasteiger partial charge in [0.1, 0.15) is 5.52 Å². The van der Waals surface area contributed by atoms with E-state index in [1.807, 2.05) is 76.2 Å². The second kappa shape index (κ2) is 18.5. The van der Waals surface area contributed by atoms with Gasteiger partial charge in [-0.1, -0.05) is 122 Å². The third-order valence-electron chi connectivity index (χ3n) is 10.8. The number of pyridine rings is 1. The number of para-hydroxylation sites is 1. The average Bonchev–Trinajstić information content (AvgIpc) is 3.55. The van der Waals surface area contributed by atoms with Crippen LogP contribution in [0.5, 0.6) is 0 Å². The summed E-state index contributed by atoms with van der Waals surface area (Å²) in [7, 11) is 0. The van der Waals surface area contributed by atoms with E-state index in [0.29, 0.717) is 11.1 Å². The largest absolute Gasteiger partial charge is 0.512 e. The van der Waals surface area contributed by atoms with E-state index in [2.05, 4.69) is 56.1 Å². The van der Waals surface area contributed by atoms with Crippen LogP contribution in [0.2, 0.25) is 0 Å². The van der Waals surface area contributed by atoms with Crippen molar-refractivity contribution in [2.45, 2.75) is 106 Å². The molecule has 1 radical (unpaired) electrons. The number of benzene rings is 4. The zero-order valence-electron chi connectivity index (χ0n) is 34.4. The van der Waals surface area contributed by atoms with E-state index in [1.54, 1.807) is 6.07 Å². The van der Waals surface area contributed by atoms with Crippen molar-refractivity contribution in [1.29, 1.82) is 0 Å². The molecule has 0 saturated heterocycles. The predicted molar refractivity (Wildman–Crippen MR) is 223 cm³/mol. The minimum atomic E-state index is -4.36. The van der Waals surface area contributed by atoms with Gasteiger partial charge in [0, 0.05) is 55.5 Å². The zero-order chi connectivity index (χ0) is 41.0. The molecule has 0 aliphatic rings. The van der Waals surface area contributed by atoms with E-state index < -0.39 is 11.6 Å². The topological polar surface area (TPSA) is 76.2 Å². The van der Waals surface area contributed by atoms with Crippen molar-refractivity contribution < 1.29 is 47.6 Å². The summed E-state index contributed by atoms with van der Waals surface area (Å²) in [4.78, 5) is 21.2. The predicted octanol–water partition coefficient (Wildman–Crippen LogP) is 14.0. The standard InChI is InChI=1S/C35H30F3N2O.C13H24O2.Ir/c1-33(2,3)27-17-23(16-21-10-6-7-11-24(21)27)29-19-26(25-12-8-9-13-28(25)39-29)22-14-15-31-30(18-22)40-32(41-31)20-34(4,5)35(36,37)38;1-5-10(6-2)12(14)9-13(15)11(7-3)8-4;/h6-15,17-19H,20H2,1-5H3;9-11,14H,5-8H2,1-4H3;/q-1;;/b;12-9-;. The number of rotatable bonds is 11. The Kier molecular flexibility index (Phi) is 14.7. The van der Waals surface area contributed by atoms with E-state index >= 15 is 0 Å². The Labute approximate surface area is 348 Å². The maximum Gasteiger partial charge on any atom is 0.394 e. The Balaban J connectivity index is 0.000000385. The molecular weight excluding hydrogens is 902 g/mol. The van der Waals surface area contributed by atoms with Gasteiger partial charge in [-0.3, -0.25) is 9.78 Å². The number of ketones is 1. The van der Waals surface area contributed by atoms with Gasteiger partial charge in [0.2, 0.25) is 0 Å². The van der Waals surface area contributed by atoms with Crippen molar-refractivity contribution in [2.75, 3.05) is 0 Å². The van der Waals surface area contributed by atoms with Gasteiger partial charge in [-0.25, -0.2) is 4.98 Å². The maximum absolute atomic E-state index is 13.5. The van der Waals surface area contributed by atoms with Crippen LogP contribution in [-0.4, -0.2) is 27.0 Å². The summed E-state index contributed by atoms with van der Waals surface area (Å²) >= 11 is 0. The number of aromatic nitrogens is 2. The molecule has 0 bridgehead atoms. The SMILES string of the molecule is CC(C)(C)c1cc(-c2cc(-c3ccc4oc(CC(C)(C)C(F)(F)F)nc4c3)c3ccccc3n2)[c-]c2ccccc12.CCC(CC)C(=O)/C=C(\O)C(CC)CC.[Ir]. The van der Waals surface area contributed by atoms with Crippen LogP contribution in [0.25, 0.3) is 55.2 Å².